The summed E-state index contributed by atoms with van der Waals surface area (Å²) in [5, 5.41) is 8.16. The fourth-order valence-corrected chi connectivity index (χ4v) is 2.33. The van der Waals surface area contributed by atoms with Gasteiger partial charge in [-0.05, 0) is 55.9 Å². The smallest absolute Gasteiger partial charge is 0.315 e. The predicted octanol–water partition coefficient (Wildman–Crippen LogP) is 2.66. The minimum atomic E-state index is -0.454. The van der Waals surface area contributed by atoms with Crippen molar-refractivity contribution in [1.82, 2.24) is 21.5 Å². The molecule has 0 aliphatic heterocycles. The van der Waals surface area contributed by atoms with Crippen LogP contribution < -0.4 is 26.8 Å². The van der Waals surface area contributed by atoms with Crippen molar-refractivity contribution in [3.8, 4) is 0 Å². The molecule has 5 N–H and O–H groups in total. The number of urea groups is 1. The molecule has 0 aromatic heterocycles. The van der Waals surface area contributed by atoms with Crippen molar-refractivity contribution in [3.63, 3.8) is 0 Å². The second-order valence-electron chi connectivity index (χ2n) is 6.19. The zero-order valence-corrected chi connectivity index (χ0v) is 16.3. The summed E-state index contributed by atoms with van der Waals surface area (Å²) in [7, 11) is 0. The molecule has 0 saturated carbocycles. The first-order valence-electron chi connectivity index (χ1n) is 8.60. The number of carbonyl (C=O) groups is 2. The lowest BCUT2D eigenvalue weighted by atomic mass is 10.1. The number of hydrogen-bond acceptors (Lipinski definition) is 3. The molecule has 2 rings (SSSR count). The van der Waals surface area contributed by atoms with Crippen LogP contribution in [0.25, 0.3) is 0 Å². The highest BCUT2D eigenvalue weighted by atomic mass is 32.1. The standard InChI is InChI=1S/C19H22FN5O2S/c1-12(2)22-18(27)21-11-13-7-9-14(10-8-13)17(26)24-25-19(28)23-16-6-4-3-5-15(16)20/h3-10,12H,11H2,1-2H3,(H,24,26)(H2,21,22,27)(H2,23,25,28). The number of hydrazine groups is 1. The van der Waals surface area contributed by atoms with E-state index in [-0.39, 0.29) is 22.9 Å². The van der Waals surface area contributed by atoms with Crippen molar-refractivity contribution in [3.05, 3.63) is 65.5 Å². The first-order valence-corrected chi connectivity index (χ1v) is 9.01. The Morgan fingerprint density at radius 1 is 1.04 bits per heavy atom. The third-order valence-corrected chi connectivity index (χ3v) is 3.70. The van der Waals surface area contributed by atoms with Crippen LogP contribution in [0.4, 0.5) is 14.9 Å². The topological polar surface area (TPSA) is 94.3 Å². The molecule has 7 nitrogen and oxygen atoms in total. The van der Waals surface area contributed by atoms with Gasteiger partial charge in [-0.1, -0.05) is 24.3 Å². The van der Waals surface area contributed by atoms with Crippen LogP contribution in [0.1, 0.15) is 29.8 Å². The second-order valence-corrected chi connectivity index (χ2v) is 6.60. The Morgan fingerprint density at radius 3 is 2.36 bits per heavy atom. The number of carbonyl (C=O) groups excluding carboxylic acids is 2. The SMILES string of the molecule is CC(C)NC(=O)NCc1ccc(C(=O)NNC(=S)Nc2ccccc2F)cc1. The number of halogens is 1. The van der Waals surface area contributed by atoms with Gasteiger partial charge in [0.15, 0.2) is 5.11 Å². The normalized spacial score (nSPS) is 10.1. The molecular formula is C19H22FN5O2S. The second kappa shape index (κ2) is 10.2. The van der Waals surface area contributed by atoms with Crippen LogP contribution in [-0.2, 0) is 6.54 Å². The van der Waals surface area contributed by atoms with Crippen molar-refractivity contribution in [2.45, 2.75) is 26.4 Å². The molecule has 0 aliphatic carbocycles. The predicted molar refractivity (Wildman–Crippen MR) is 110 cm³/mol. The molecule has 0 atom stereocenters. The summed E-state index contributed by atoms with van der Waals surface area (Å²) in [6.07, 6.45) is 0. The molecule has 3 amide bonds. The fraction of sp³-hybridized carbons (Fsp3) is 0.211. The van der Waals surface area contributed by atoms with E-state index in [1.54, 1.807) is 36.4 Å². The molecule has 0 heterocycles. The van der Waals surface area contributed by atoms with Crippen LogP contribution in [0.15, 0.2) is 48.5 Å². The Hall–Kier alpha value is -3.20. The summed E-state index contributed by atoms with van der Waals surface area (Å²) in [4.78, 5) is 23.7. The Balaban J connectivity index is 1.80. The van der Waals surface area contributed by atoms with E-state index in [1.807, 2.05) is 13.8 Å². The highest BCUT2D eigenvalue weighted by molar-refractivity contribution is 7.80. The van der Waals surface area contributed by atoms with E-state index in [2.05, 4.69) is 26.8 Å². The van der Waals surface area contributed by atoms with Crippen molar-refractivity contribution >= 4 is 35.0 Å². The lowest BCUT2D eigenvalue weighted by Gasteiger charge is -2.12. The first-order chi connectivity index (χ1) is 13.3. The minimum Gasteiger partial charge on any atom is -0.336 e. The number of hydrogen-bond donors (Lipinski definition) is 5. The van der Waals surface area contributed by atoms with Crippen LogP contribution in [0.5, 0.6) is 0 Å². The summed E-state index contributed by atoms with van der Waals surface area (Å²) < 4.78 is 13.6. The Labute approximate surface area is 168 Å². The molecule has 0 radical (unpaired) electrons. The van der Waals surface area contributed by atoms with Gasteiger partial charge in [-0.3, -0.25) is 15.6 Å². The van der Waals surface area contributed by atoms with Gasteiger partial charge < -0.3 is 16.0 Å². The number of benzene rings is 2. The van der Waals surface area contributed by atoms with Crippen molar-refractivity contribution in [2.75, 3.05) is 5.32 Å². The van der Waals surface area contributed by atoms with E-state index in [0.29, 0.717) is 12.1 Å². The molecule has 0 spiro atoms. The summed E-state index contributed by atoms with van der Waals surface area (Å²) in [5.74, 6) is -0.862. The van der Waals surface area contributed by atoms with E-state index in [0.717, 1.165) is 5.56 Å². The van der Waals surface area contributed by atoms with Crippen molar-refractivity contribution in [2.24, 2.45) is 0 Å². The highest BCUT2D eigenvalue weighted by Crippen LogP contribution is 2.11. The monoisotopic (exact) mass is 403 g/mol. The van der Waals surface area contributed by atoms with Crippen LogP contribution in [0.2, 0.25) is 0 Å². The Morgan fingerprint density at radius 2 is 1.71 bits per heavy atom. The Kier molecular flexibility index (Phi) is 7.70. The molecule has 0 bridgehead atoms. The largest absolute Gasteiger partial charge is 0.336 e. The quantitative estimate of drug-likeness (QED) is 0.391. The molecular weight excluding hydrogens is 381 g/mol. The molecule has 2 aromatic rings. The third kappa shape index (κ3) is 6.84. The van der Waals surface area contributed by atoms with Gasteiger partial charge in [-0.15, -0.1) is 0 Å². The van der Waals surface area contributed by atoms with Crippen LogP contribution in [-0.4, -0.2) is 23.1 Å². The number of para-hydroxylation sites is 1. The summed E-state index contributed by atoms with van der Waals surface area (Å²) >= 11 is 5.02. The van der Waals surface area contributed by atoms with Gasteiger partial charge in [0.2, 0.25) is 0 Å². The molecule has 28 heavy (non-hydrogen) atoms. The number of amides is 3. The molecule has 148 valence electrons. The van der Waals surface area contributed by atoms with Crippen molar-refractivity contribution < 1.29 is 14.0 Å². The van der Waals surface area contributed by atoms with Gasteiger partial charge in [-0.2, -0.15) is 0 Å². The average Bonchev–Trinajstić information content (AvgIpc) is 2.66. The van der Waals surface area contributed by atoms with Gasteiger partial charge in [0.25, 0.3) is 5.91 Å². The summed E-state index contributed by atoms with van der Waals surface area (Å²) in [5.41, 5.74) is 6.40. The lowest BCUT2D eigenvalue weighted by molar-refractivity contribution is 0.0944. The zero-order chi connectivity index (χ0) is 20.5. The maximum absolute atomic E-state index is 13.6. The van der Waals surface area contributed by atoms with Gasteiger partial charge in [0, 0.05) is 18.2 Å². The fourth-order valence-electron chi connectivity index (χ4n) is 2.17. The van der Waals surface area contributed by atoms with Crippen molar-refractivity contribution in [1.29, 1.82) is 0 Å². The van der Waals surface area contributed by atoms with Crippen LogP contribution in [0.3, 0.4) is 0 Å². The van der Waals surface area contributed by atoms with Gasteiger partial charge >= 0.3 is 6.03 Å². The van der Waals surface area contributed by atoms with E-state index < -0.39 is 11.7 Å². The van der Waals surface area contributed by atoms with Crippen LogP contribution >= 0.6 is 12.2 Å². The summed E-state index contributed by atoms with van der Waals surface area (Å²) in [6.45, 7) is 4.09. The molecule has 0 aliphatic rings. The molecule has 9 heteroatoms. The molecule has 0 fully saturated rings. The average molecular weight is 403 g/mol. The van der Waals surface area contributed by atoms with E-state index in [1.165, 1.54) is 12.1 Å². The van der Waals surface area contributed by atoms with E-state index in [4.69, 9.17) is 12.2 Å². The van der Waals surface area contributed by atoms with Gasteiger partial charge in [-0.25, -0.2) is 9.18 Å². The number of rotatable bonds is 5. The Bertz CT molecular complexity index is 842. The lowest BCUT2D eigenvalue weighted by Crippen LogP contribution is -2.43. The van der Waals surface area contributed by atoms with E-state index in [9.17, 15) is 14.0 Å². The van der Waals surface area contributed by atoms with E-state index >= 15 is 0 Å². The third-order valence-electron chi connectivity index (χ3n) is 3.50. The highest BCUT2D eigenvalue weighted by Gasteiger charge is 2.08. The zero-order valence-electron chi connectivity index (χ0n) is 15.5. The maximum Gasteiger partial charge on any atom is 0.315 e. The van der Waals surface area contributed by atoms with Crippen LogP contribution in [0, 0.1) is 5.82 Å². The molecule has 2 aromatic carbocycles. The number of anilines is 1. The molecule has 0 unspecified atom stereocenters. The first kappa shape index (κ1) is 21.1. The summed E-state index contributed by atoms with van der Waals surface area (Å²) in [6, 6.07) is 12.6. The molecule has 0 saturated heterocycles. The minimum absolute atomic E-state index is 0.0513. The maximum atomic E-state index is 13.6. The number of nitrogens with one attached hydrogen (secondary N) is 5. The number of thiocarbonyl (C=S) groups is 1. The van der Waals surface area contributed by atoms with Gasteiger partial charge in [0.1, 0.15) is 5.82 Å². The van der Waals surface area contributed by atoms with Gasteiger partial charge in [0.05, 0.1) is 5.69 Å².